The summed E-state index contributed by atoms with van der Waals surface area (Å²) in [5.41, 5.74) is -0.0774. The van der Waals surface area contributed by atoms with Crippen LogP contribution in [0.25, 0.3) is 0 Å². The highest BCUT2D eigenvalue weighted by atomic mass is 32.2. The zero-order chi connectivity index (χ0) is 21.3. The van der Waals surface area contributed by atoms with Gasteiger partial charge < -0.3 is 5.32 Å². The van der Waals surface area contributed by atoms with Crippen LogP contribution in [0.3, 0.4) is 0 Å². The first-order valence-electron chi connectivity index (χ1n) is 9.96. The smallest absolute Gasteiger partial charge is 0.259 e. The number of nitrogens with one attached hydrogen (secondary N) is 1. The van der Waals surface area contributed by atoms with Crippen molar-refractivity contribution in [3.8, 4) is 0 Å². The minimum atomic E-state index is -2.66. The molecule has 2 aliphatic heterocycles. The highest BCUT2D eigenvalue weighted by molar-refractivity contribution is 7.81. The number of rotatable bonds is 6. The summed E-state index contributed by atoms with van der Waals surface area (Å²) >= 11 is 0. The number of alkyl halides is 2. The first-order valence-corrected chi connectivity index (χ1v) is 11.5. The molecule has 0 aromatic carbocycles. The number of amides is 1. The molecule has 10 heteroatoms. The molecule has 1 aromatic rings. The Morgan fingerprint density at radius 3 is 2.55 bits per heavy atom. The maximum Gasteiger partial charge on any atom is 0.259 e. The van der Waals surface area contributed by atoms with E-state index in [-0.39, 0.29) is 24.2 Å². The van der Waals surface area contributed by atoms with Gasteiger partial charge in [0.1, 0.15) is 5.82 Å². The van der Waals surface area contributed by atoms with Gasteiger partial charge in [-0.25, -0.2) is 22.3 Å². The number of piperidine rings is 1. The fraction of sp³-hybridized carbons (Fsp3) is 0.737. The number of halogens is 2. The maximum absolute atomic E-state index is 13.7. The van der Waals surface area contributed by atoms with Crippen molar-refractivity contribution < 1.29 is 17.8 Å². The fourth-order valence-electron chi connectivity index (χ4n) is 4.00. The Balaban J connectivity index is 1.85. The minimum absolute atomic E-state index is 0.106. The third kappa shape index (κ3) is 4.58. The molecule has 162 valence electrons. The van der Waals surface area contributed by atoms with Crippen LogP contribution in [-0.4, -0.2) is 62.2 Å². The molecule has 1 aromatic heterocycles. The quantitative estimate of drug-likeness (QED) is 0.752. The van der Waals surface area contributed by atoms with E-state index in [1.54, 1.807) is 33.2 Å². The molecule has 1 N–H and O–H groups in total. The van der Waals surface area contributed by atoms with Crippen molar-refractivity contribution >= 4 is 28.7 Å². The molecular formula is C19H29F2N5O2S. The summed E-state index contributed by atoms with van der Waals surface area (Å²) < 4.78 is 40.9. The van der Waals surface area contributed by atoms with E-state index < -0.39 is 28.9 Å². The van der Waals surface area contributed by atoms with Crippen molar-refractivity contribution in [2.24, 2.45) is 5.41 Å². The molecule has 0 aliphatic carbocycles. The Morgan fingerprint density at radius 1 is 1.34 bits per heavy atom. The highest BCUT2D eigenvalue weighted by Crippen LogP contribution is 2.39. The lowest BCUT2D eigenvalue weighted by molar-refractivity contribution is -0.128. The Kier molecular flexibility index (Phi) is 6.52. The minimum Gasteiger partial charge on any atom is -0.351 e. The molecule has 0 spiro atoms. The van der Waals surface area contributed by atoms with Crippen LogP contribution in [0.15, 0.2) is 6.20 Å². The number of anilines is 2. The standard InChI is InChI=1S/C19H29F2N5O2S/c1-5-14(15(20)21)26-16-12(10-19(2,3)17(26)27)11-22-18(24-16)23-13-6-8-25(9-7-13)29(4)28/h11,13-15H,5-10H2,1-4H3,(H,22,23,24). The molecule has 0 bridgehead atoms. The van der Waals surface area contributed by atoms with Gasteiger partial charge in [0.25, 0.3) is 6.43 Å². The second-order valence-corrected chi connectivity index (χ2v) is 9.72. The number of aromatic nitrogens is 2. The third-order valence-electron chi connectivity index (χ3n) is 5.69. The molecule has 2 atom stereocenters. The molecule has 0 radical (unpaired) electrons. The second-order valence-electron chi connectivity index (χ2n) is 8.36. The van der Waals surface area contributed by atoms with Gasteiger partial charge in [-0.1, -0.05) is 20.8 Å². The van der Waals surface area contributed by atoms with Crippen molar-refractivity contribution in [3.63, 3.8) is 0 Å². The topological polar surface area (TPSA) is 78.4 Å². The van der Waals surface area contributed by atoms with E-state index in [0.717, 1.165) is 12.8 Å². The SMILES string of the molecule is CCC(C(F)F)N1C(=O)C(C)(C)Cc2cnc(NC3CCN(S(C)=O)CC3)nc21. The van der Waals surface area contributed by atoms with Crippen molar-refractivity contribution in [3.05, 3.63) is 11.8 Å². The lowest BCUT2D eigenvalue weighted by atomic mass is 9.81. The van der Waals surface area contributed by atoms with E-state index in [1.165, 1.54) is 4.90 Å². The summed E-state index contributed by atoms with van der Waals surface area (Å²) in [5, 5.41) is 3.26. The van der Waals surface area contributed by atoms with Gasteiger partial charge in [0.2, 0.25) is 11.9 Å². The molecule has 3 rings (SSSR count). The molecule has 7 nitrogen and oxygen atoms in total. The summed E-state index contributed by atoms with van der Waals surface area (Å²) in [7, 11) is -0.983. The van der Waals surface area contributed by atoms with Gasteiger partial charge in [-0.05, 0) is 25.7 Å². The number of carbonyl (C=O) groups is 1. The van der Waals surface area contributed by atoms with E-state index in [4.69, 9.17) is 0 Å². The highest BCUT2D eigenvalue weighted by Gasteiger charge is 2.45. The van der Waals surface area contributed by atoms with Crippen LogP contribution < -0.4 is 10.2 Å². The molecule has 1 amide bonds. The van der Waals surface area contributed by atoms with Crippen LogP contribution in [0.5, 0.6) is 0 Å². The number of nitrogens with zero attached hydrogens (tertiary/aromatic N) is 4. The summed E-state index contributed by atoms with van der Waals surface area (Å²) in [4.78, 5) is 23.0. The van der Waals surface area contributed by atoms with Crippen LogP contribution in [0.4, 0.5) is 20.5 Å². The van der Waals surface area contributed by atoms with Crippen molar-refractivity contribution in [1.29, 1.82) is 0 Å². The molecule has 1 fully saturated rings. The van der Waals surface area contributed by atoms with Crippen LogP contribution in [0.2, 0.25) is 0 Å². The molecule has 2 aliphatic rings. The zero-order valence-electron chi connectivity index (χ0n) is 17.3. The summed E-state index contributed by atoms with van der Waals surface area (Å²) in [6.45, 7) is 6.58. The molecule has 2 unspecified atom stereocenters. The van der Waals surface area contributed by atoms with E-state index in [2.05, 4.69) is 15.3 Å². The molecular weight excluding hydrogens is 400 g/mol. The van der Waals surface area contributed by atoms with Gasteiger partial charge >= 0.3 is 0 Å². The molecule has 0 saturated carbocycles. The second kappa shape index (κ2) is 8.59. The number of hydrogen-bond donors (Lipinski definition) is 1. The van der Waals surface area contributed by atoms with Gasteiger partial charge in [-0.2, -0.15) is 4.98 Å². The Morgan fingerprint density at radius 2 is 2.00 bits per heavy atom. The van der Waals surface area contributed by atoms with Gasteiger partial charge in [0, 0.05) is 42.6 Å². The Bertz CT molecular complexity index is 784. The molecule has 3 heterocycles. The van der Waals surface area contributed by atoms with Gasteiger partial charge in [0.05, 0.1) is 17.0 Å². The molecule has 29 heavy (non-hydrogen) atoms. The van der Waals surface area contributed by atoms with Gasteiger partial charge in [-0.15, -0.1) is 0 Å². The number of hydrogen-bond acceptors (Lipinski definition) is 5. The summed E-state index contributed by atoms with van der Waals surface area (Å²) in [5.74, 6) is 0.285. The lowest BCUT2D eigenvalue weighted by Crippen LogP contribution is -2.54. The zero-order valence-corrected chi connectivity index (χ0v) is 18.1. The average molecular weight is 430 g/mol. The van der Waals surface area contributed by atoms with Crippen LogP contribution in [-0.2, 0) is 22.2 Å². The maximum atomic E-state index is 13.7. The first kappa shape index (κ1) is 22.0. The van der Waals surface area contributed by atoms with E-state index in [0.29, 0.717) is 31.0 Å². The Hall–Kier alpha value is -1.68. The average Bonchev–Trinajstić information content (AvgIpc) is 2.66. The predicted molar refractivity (Wildman–Crippen MR) is 109 cm³/mol. The monoisotopic (exact) mass is 429 g/mol. The number of fused-ring (bicyclic) bond motifs is 1. The van der Waals surface area contributed by atoms with Crippen molar-refractivity contribution in [2.75, 3.05) is 29.6 Å². The third-order valence-corrected chi connectivity index (χ3v) is 6.78. The lowest BCUT2D eigenvalue weighted by Gasteiger charge is -2.41. The van der Waals surface area contributed by atoms with Crippen LogP contribution >= 0.6 is 0 Å². The van der Waals surface area contributed by atoms with E-state index in [9.17, 15) is 17.8 Å². The normalized spacial score (nSPS) is 22.4. The number of carbonyl (C=O) groups excluding carboxylic acids is 1. The fourth-order valence-corrected chi connectivity index (χ4v) is 4.72. The van der Waals surface area contributed by atoms with Crippen LogP contribution in [0.1, 0.15) is 45.6 Å². The van der Waals surface area contributed by atoms with Crippen molar-refractivity contribution in [1.82, 2.24) is 14.3 Å². The molecule has 1 saturated heterocycles. The summed E-state index contributed by atoms with van der Waals surface area (Å²) in [6.07, 6.45) is 2.77. The summed E-state index contributed by atoms with van der Waals surface area (Å²) in [6, 6.07) is -1.11. The van der Waals surface area contributed by atoms with Gasteiger partial charge in [0.15, 0.2) is 0 Å². The predicted octanol–water partition coefficient (Wildman–Crippen LogP) is 2.61. The van der Waals surface area contributed by atoms with E-state index in [1.807, 2.05) is 4.31 Å². The first-order chi connectivity index (χ1) is 13.6. The van der Waals surface area contributed by atoms with E-state index >= 15 is 0 Å². The van der Waals surface area contributed by atoms with Gasteiger partial charge in [-0.3, -0.25) is 9.69 Å². The largest absolute Gasteiger partial charge is 0.351 e. The van der Waals surface area contributed by atoms with Crippen molar-refractivity contribution in [2.45, 2.75) is 65.0 Å². The van der Waals surface area contributed by atoms with Crippen LogP contribution in [0, 0.1) is 5.41 Å². The Labute approximate surface area is 172 Å².